The van der Waals surface area contributed by atoms with E-state index < -0.39 is 0 Å². The van der Waals surface area contributed by atoms with Gasteiger partial charge in [0.25, 0.3) is 0 Å². The van der Waals surface area contributed by atoms with E-state index in [1.54, 1.807) is 6.20 Å². The van der Waals surface area contributed by atoms with E-state index >= 15 is 0 Å². The van der Waals surface area contributed by atoms with Crippen molar-refractivity contribution in [2.75, 3.05) is 43.0 Å². The summed E-state index contributed by atoms with van der Waals surface area (Å²) in [4.78, 5) is 13.1. The Balaban J connectivity index is 1.95. The molecule has 0 saturated carbocycles. The largest absolute Gasteiger partial charge is 0.354 e. The molecule has 0 aliphatic carbocycles. The van der Waals surface area contributed by atoms with Gasteiger partial charge in [0.2, 0.25) is 5.95 Å². The van der Waals surface area contributed by atoms with Crippen LogP contribution in [0.15, 0.2) is 12.3 Å². The minimum Gasteiger partial charge on any atom is -0.354 e. The summed E-state index contributed by atoms with van der Waals surface area (Å²) in [6.07, 6.45) is 2.95. The summed E-state index contributed by atoms with van der Waals surface area (Å²) >= 11 is 0. The molecule has 0 amide bonds. The molecular formula is C11H20N6. The number of nitrogens with one attached hydrogen (secondary N) is 1. The summed E-state index contributed by atoms with van der Waals surface area (Å²) in [6, 6.07) is 1.93. The van der Waals surface area contributed by atoms with Crippen LogP contribution in [0.4, 0.5) is 11.8 Å². The maximum absolute atomic E-state index is 5.31. The molecule has 0 spiro atoms. The number of piperazine rings is 1. The standard InChI is InChI=1S/C11H20N6/c1-2-5-16-6-8-17(9-7-16)10-3-4-13-11(14-10)15-12/h3-4H,2,5-9,12H2,1H3,(H,13,14,15). The Morgan fingerprint density at radius 3 is 2.76 bits per heavy atom. The van der Waals surface area contributed by atoms with E-state index in [-0.39, 0.29) is 0 Å². The fourth-order valence-corrected chi connectivity index (χ4v) is 2.11. The van der Waals surface area contributed by atoms with E-state index in [1.807, 2.05) is 6.07 Å². The second-order valence-electron chi connectivity index (χ2n) is 4.21. The van der Waals surface area contributed by atoms with Crippen molar-refractivity contribution in [2.45, 2.75) is 13.3 Å². The van der Waals surface area contributed by atoms with Crippen LogP contribution in [0.25, 0.3) is 0 Å². The van der Waals surface area contributed by atoms with Crippen molar-refractivity contribution < 1.29 is 0 Å². The number of rotatable bonds is 4. The number of hydrogen-bond donors (Lipinski definition) is 2. The van der Waals surface area contributed by atoms with Crippen LogP contribution < -0.4 is 16.2 Å². The fraction of sp³-hybridized carbons (Fsp3) is 0.636. The Labute approximate surface area is 102 Å². The minimum atomic E-state index is 0.471. The average Bonchev–Trinajstić information content (AvgIpc) is 2.40. The monoisotopic (exact) mass is 236 g/mol. The van der Waals surface area contributed by atoms with Crippen LogP contribution in [-0.4, -0.2) is 47.6 Å². The molecule has 1 aromatic heterocycles. The molecular weight excluding hydrogens is 216 g/mol. The van der Waals surface area contributed by atoms with Crippen LogP contribution in [0.1, 0.15) is 13.3 Å². The smallest absolute Gasteiger partial charge is 0.239 e. The lowest BCUT2D eigenvalue weighted by atomic mass is 10.3. The van der Waals surface area contributed by atoms with Crippen LogP contribution in [0.3, 0.4) is 0 Å². The molecule has 0 unspecified atom stereocenters. The van der Waals surface area contributed by atoms with Crippen LogP contribution in [0.5, 0.6) is 0 Å². The molecule has 1 saturated heterocycles. The fourth-order valence-electron chi connectivity index (χ4n) is 2.11. The van der Waals surface area contributed by atoms with Crippen molar-refractivity contribution in [1.29, 1.82) is 0 Å². The third-order valence-corrected chi connectivity index (χ3v) is 3.01. The van der Waals surface area contributed by atoms with Crippen molar-refractivity contribution in [1.82, 2.24) is 14.9 Å². The maximum Gasteiger partial charge on any atom is 0.239 e. The van der Waals surface area contributed by atoms with E-state index in [9.17, 15) is 0 Å². The number of anilines is 2. The Hall–Kier alpha value is -1.40. The van der Waals surface area contributed by atoms with Gasteiger partial charge in [-0.15, -0.1) is 0 Å². The number of nitrogens with zero attached hydrogens (tertiary/aromatic N) is 4. The van der Waals surface area contributed by atoms with Gasteiger partial charge >= 0.3 is 0 Å². The molecule has 1 fully saturated rings. The highest BCUT2D eigenvalue weighted by molar-refractivity contribution is 5.42. The molecule has 1 aliphatic heterocycles. The highest BCUT2D eigenvalue weighted by atomic mass is 15.3. The van der Waals surface area contributed by atoms with Gasteiger partial charge in [-0.3, -0.25) is 10.3 Å². The SMILES string of the molecule is CCCN1CCN(c2ccnc(NN)n2)CC1. The van der Waals surface area contributed by atoms with Crippen molar-refractivity contribution in [3.8, 4) is 0 Å². The third kappa shape index (κ3) is 3.04. The number of nitrogens with two attached hydrogens (primary N) is 1. The van der Waals surface area contributed by atoms with Gasteiger partial charge in [0.05, 0.1) is 0 Å². The van der Waals surface area contributed by atoms with E-state index in [0.29, 0.717) is 5.95 Å². The first-order valence-electron chi connectivity index (χ1n) is 6.10. The average molecular weight is 236 g/mol. The summed E-state index contributed by atoms with van der Waals surface area (Å²) in [5.41, 5.74) is 2.48. The Kier molecular flexibility index (Phi) is 4.11. The Morgan fingerprint density at radius 1 is 1.35 bits per heavy atom. The summed E-state index contributed by atoms with van der Waals surface area (Å²) in [7, 11) is 0. The Morgan fingerprint density at radius 2 is 2.12 bits per heavy atom. The lowest BCUT2D eigenvalue weighted by Crippen LogP contribution is -2.46. The van der Waals surface area contributed by atoms with Gasteiger partial charge in [-0.2, -0.15) is 4.98 Å². The van der Waals surface area contributed by atoms with Gasteiger partial charge in [-0.05, 0) is 19.0 Å². The molecule has 0 bridgehead atoms. The zero-order valence-corrected chi connectivity index (χ0v) is 10.3. The van der Waals surface area contributed by atoms with Crippen LogP contribution in [0.2, 0.25) is 0 Å². The summed E-state index contributed by atoms with van der Waals surface area (Å²) in [5.74, 6) is 6.73. The quantitative estimate of drug-likeness (QED) is 0.578. The second-order valence-corrected chi connectivity index (χ2v) is 4.21. The number of aromatic nitrogens is 2. The van der Waals surface area contributed by atoms with Crippen LogP contribution in [0, 0.1) is 0 Å². The summed E-state index contributed by atoms with van der Waals surface area (Å²) in [5, 5.41) is 0. The van der Waals surface area contributed by atoms with E-state index in [0.717, 1.165) is 32.0 Å². The molecule has 6 nitrogen and oxygen atoms in total. The zero-order valence-electron chi connectivity index (χ0n) is 10.3. The Bertz CT molecular complexity index is 348. The first-order valence-corrected chi connectivity index (χ1v) is 6.10. The van der Waals surface area contributed by atoms with Gasteiger partial charge in [0.15, 0.2) is 0 Å². The lowest BCUT2D eigenvalue weighted by Gasteiger charge is -2.35. The second kappa shape index (κ2) is 5.79. The molecule has 0 radical (unpaired) electrons. The predicted molar refractivity (Wildman–Crippen MR) is 68.8 cm³/mol. The van der Waals surface area contributed by atoms with Crippen LogP contribution >= 0.6 is 0 Å². The van der Waals surface area contributed by atoms with Gasteiger partial charge in [0, 0.05) is 32.4 Å². The highest BCUT2D eigenvalue weighted by Crippen LogP contribution is 2.14. The van der Waals surface area contributed by atoms with E-state index in [4.69, 9.17) is 5.84 Å². The maximum atomic E-state index is 5.31. The number of hydrazine groups is 1. The molecule has 2 heterocycles. The molecule has 94 valence electrons. The summed E-state index contributed by atoms with van der Waals surface area (Å²) < 4.78 is 0. The number of nitrogen functional groups attached to an aromatic ring is 1. The normalized spacial score (nSPS) is 17.2. The first kappa shape index (κ1) is 12.1. The van der Waals surface area contributed by atoms with E-state index in [1.165, 1.54) is 13.0 Å². The summed E-state index contributed by atoms with van der Waals surface area (Å²) in [6.45, 7) is 7.64. The van der Waals surface area contributed by atoms with Crippen molar-refractivity contribution in [3.05, 3.63) is 12.3 Å². The molecule has 17 heavy (non-hydrogen) atoms. The lowest BCUT2D eigenvalue weighted by molar-refractivity contribution is 0.258. The van der Waals surface area contributed by atoms with Crippen molar-refractivity contribution in [2.24, 2.45) is 5.84 Å². The van der Waals surface area contributed by atoms with Crippen LogP contribution in [-0.2, 0) is 0 Å². The number of hydrogen-bond acceptors (Lipinski definition) is 6. The zero-order chi connectivity index (χ0) is 12.1. The van der Waals surface area contributed by atoms with E-state index in [2.05, 4.69) is 32.1 Å². The molecule has 0 atom stereocenters. The predicted octanol–water partition coefficient (Wildman–Crippen LogP) is 0.294. The molecule has 1 aromatic rings. The first-order chi connectivity index (χ1) is 8.33. The molecule has 6 heteroatoms. The van der Waals surface area contributed by atoms with Gasteiger partial charge in [0.1, 0.15) is 5.82 Å². The topological polar surface area (TPSA) is 70.3 Å². The molecule has 1 aliphatic rings. The van der Waals surface area contributed by atoms with Crippen molar-refractivity contribution in [3.63, 3.8) is 0 Å². The van der Waals surface area contributed by atoms with Gasteiger partial charge in [-0.1, -0.05) is 6.92 Å². The van der Waals surface area contributed by atoms with Gasteiger partial charge in [-0.25, -0.2) is 10.8 Å². The van der Waals surface area contributed by atoms with Crippen molar-refractivity contribution >= 4 is 11.8 Å². The molecule has 3 N–H and O–H groups in total. The minimum absolute atomic E-state index is 0.471. The van der Waals surface area contributed by atoms with Gasteiger partial charge < -0.3 is 4.90 Å². The highest BCUT2D eigenvalue weighted by Gasteiger charge is 2.17. The molecule has 2 rings (SSSR count). The third-order valence-electron chi connectivity index (χ3n) is 3.01. The molecule has 0 aromatic carbocycles.